The van der Waals surface area contributed by atoms with E-state index in [0.29, 0.717) is 11.3 Å². The van der Waals surface area contributed by atoms with Crippen LogP contribution in [0.15, 0.2) is 85.0 Å². The maximum atomic E-state index is 11.5. The van der Waals surface area contributed by atoms with Crippen molar-refractivity contribution in [3.8, 4) is 11.5 Å². The van der Waals surface area contributed by atoms with Gasteiger partial charge in [-0.15, -0.1) is 0 Å². The number of ether oxygens (including phenoxy) is 2. The average Bonchev–Trinajstić information content (AvgIpc) is 2.71. The summed E-state index contributed by atoms with van der Waals surface area (Å²) in [5.74, 6) is -0.0929. The molecule has 0 heterocycles. The first-order chi connectivity index (χ1) is 14.5. The Morgan fingerprint density at radius 3 is 1.52 bits per heavy atom. The van der Waals surface area contributed by atoms with Crippen LogP contribution in [-0.2, 0) is 19.1 Å². The summed E-state index contributed by atoms with van der Waals surface area (Å²) >= 11 is 0. The lowest BCUT2D eigenvalue weighted by Gasteiger charge is -2.08. The van der Waals surface area contributed by atoms with E-state index in [1.54, 1.807) is 19.1 Å². The van der Waals surface area contributed by atoms with Crippen molar-refractivity contribution in [1.82, 2.24) is 0 Å². The highest BCUT2D eigenvalue weighted by Gasteiger charge is 2.10. The summed E-state index contributed by atoms with van der Waals surface area (Å²) in [6.45, 7) is 16.9. The number of rotatable bonds is 6. The first kappa shape index (κ1) is 25.1. The van der Waals surface area contributed by atoms with Crippen molar-refractivity contribution in [3.63, 3.8) is 0 Å². The molecule has 6 nitrogen and oxygen atoms in total. The monoisotopic (exact) mass is 421 g/mol. The van der Waals surface area contributed by atoms with E-state index in [2.05, 4.69) is 29.8 Å². The van der Waals surface area contributed by atoms with Crippen LogP contribution >= 0.6 is 0 Å². The highest BCUT2D eigenvalue weighted by atomic mass is 16.6. The molecular formula is C25H27NO5. The number of hydrogen-bond acceptors (Lipinski definition) is 5. The van der Waals surface area contributed by atoms with Crippen molar-refractivity contribution in [2.75, 3.05) is 5.32 Å². The Balaban J connectivity index is 0.000000373. The molecule has 0 bridgehead atoms. The fraction of sp³-hybridized carbons (Fsp3) is 0.160. The van der Waals surface area contributed by atoms with Crippen molar-refractivity contribution < 1.29 is 23.9 Å². The zero-order valence-corrected chi connectivity index (χ0v) is 18.3. The molecule has 0 aromatic heterocycles. The number of amides is 1. The van der Waals surface area contributed by atoms with Gasteiger partial charge in [0.05, 0.1) is 0 Å². The van der Waals surface area contributed by atoms with E-state index in [0.717, 1.165) is 11.5 Å². The molecule has 0 saturated carbocycles. The minimum Gasteiger partial charge on any atom is -0.457 e. The minimum absolute atomic E-state index is 0.183. The molecule has 0 aliphatic carbocycles. The maximum absolute atomic E-state index is 11.5. The zero-order valence-electron chi connectivity index (χ0n) is 18.3. The van der Waals surface area contributed by atoms with Crippen LogP contribution < -0.4 is 10.1 Å². The predicted octanol–water partition coefficient (Wildman–Crippen LogP) is 5.51. The summed E-state index contributed by atoms with van der Waals surface area (Å²) in [5.41, 5.74) is 2.77. The number of nitrogens with one attached hydrogen (secondary N) is 1. The summed E-state index contributed by atoms with van der Waals surface area (Å²) in [6, 6.07) is 15.1. The lowest BCUT2D eigenvalue weighted by Crippen LogP contribution is -2.12. The van der Waals surface area contributed by atoms with E-state index in [1.165, 1.54) is 19.4 Å². The molecule has 2 aromatic carbocycles. The first-order valence-electron chi connectivity index (χ1n) is 9.38. The third kappa shape index (κ3) is 9.41. The van der Waals surface area contributed by atoms with Crippen LogP contribution in [0.4, 0.5) is 5.69 Å². The van der Waals surface area contributed by atoms with Gasteiger partial charge in [-0.05, 0) is 64.1 Å². The molecule has 0 unspecified atom stereocenters. The van der Waals surface area contributed by atoms with Crippen LogP contribution in [0.2, 0.25) is 0 Å². The van der Waals surface area contributed by atoms with Gasteiger partial charge in [0.1, 0.15) is 11.5 Å². The van der Waals surface area contributed by atoms with E-state index in [9.17, 15) is 14.4 Å². The third-order valence-electron chi connectivity index (χ3n) is 3.64. The second-order valence-electron chi connectivity index (χ2n) is 6.91. The van der Waals surface area contributed by atoms with Crippen LogP contribution in [0.1, 0.15) is 26.3 Å². The van der Waals surface area contributed by atoms with Gasteiger partial charge in [0.15, 0.2) is 0 Å². The van der Waals surface area contributed by atoms with E-state index < -0.39 is 11.9 Å². The van der Waals surface area contributed by atoms with Crippen molar-refractivity contribution in [1.29, 1.82) is 0 Å². The fourth-order valence-electron chi connectivity index (χ4n) is 1.84. The van der Waals surface area contributed by atoms with Crippen LogP contribution in [0.3, 0.4) is 0 Å². The number of carbonyl (C=O) groups is 3. The molecule has 1 amide bonds. The Hall–Kier alpha value is -3.93. The SMILES string of the molecule is C=C(C)C(=O)Nc1ccc(Oc2ccc(C)cc2)cc1.C=C(C)C(=O)OC(=O)C(=C)C. The highest BCUT2D eigenvalue weighted by Crippen LogP contribution is 2.23. The number of anilines is 1. The average molecular weight is 421 g/mol. The van der Waals surface area contributed by atoms with Crippen LogP contribution in [0.5, 0.6) is 11.5 Å². The summed E-state index contributed by atoms with van der Waals surface area (Å²) < 4.78 is 10.0. The highest BCUT2D eigenvalue weighted by molar-refractivity contribution is 6.02. The molecule has 0 spiro atoms. The number of hydrogen-bond donors (Lipinski definition) is 1. The predicted molar refractivity (Wildman–Crippen MR) is 122 cm³/mol. The fourth-order valence-corrected chi connectivity index (χ4v) is 1.84. The summed E-state index contributed by atoms with van der Waals surface area (Å²) in [7, 11) is 0. The van der Waals surface area contributed by atoms with Crippen LogP contribution in [0.25, 0.3) is 0 Å². The molecule has 6 heteroatoms. The molecule has 0 fully saturated rings. The van der Waals surface area contributed by atoms with Crippen LogP contribution in [-0.4, -0.2) is 17.8 Å². The quantitative estimate of drug-likeness (QED) is 0.378. The van der Waals surface area contributed by atoms with Gasteiger partial charge in [0.25, 0.3) is 5.91 Å². The zero-order chi connectivity index (χ0) is 23.6. The number of carbonyl (C=O) groups excluding carboxylic acids is 3. The van der Waals surface area contributed by atoms with Gasteiger partial charge in [0, 0.05) is 22.4 Å². The smallest absolute Gasteiger partial charge is 0.340 e. The molecule has 2 rings (SSSR count). The van der Waals surface area contributed by atoms with Gasteiger partial charge in [-0.25, -0.2) is 9.59 Å². The molecule has 31 heavy (non-hydrogen) atoms. The molecule has 0 aliphatic heterocycles. The molecule has 0 aliphatic rings. The third-order valence-corrected chi connectivity index (χ3v) is 3.64. The van der Waals surface area contributed by atoms with Crippen molar-refractivity contribution >= 4 is 23.5 Å². The Morgan fingerprint density at radius 1 is 0.710 bits per heavy atom. The Labute approximate surface area is 182 Å². The lowest BCUT2D eigenvalue weighted by atomic mass is 10.2. The van der Waals surface area contributed by atoms with Gasteiger partial charge in [-0.1, -0.05) is 37.4 Å². The Morgan fingerprint density at radius 2 is 1.13 bits per heavy atom. The van der Waals surface area contributed by atoms with Crippen molar-refractivity contribution in [2.45, 2.75) is 27.7 Å². The van der Waals surface area contributed by atoms with E-state index in [1.807, 2.05) is 43.3 Å². The van der Waals surface area contributed by atoms with Crippen molar-refractivity contribution in [2.24, 2.45) is 0 Å². The Kier molecular flexibility index (Phi) is 9.66. The molecule has 0 saturated heterocycles. The normalized spacial score (nSPS) is 9.42. The van der Waals surface area contributed by atoms with E-state index >= 15 is 0 Å². The summed E-state index contributed by atoms with van der Waals surface area (Å²) in [5, 5.41) is 2.75. The number of aryl methyl sites for hydroxylation is 1. The molecule has 162 valence electrons. The molecule has 1 N–H and O–H groups in total. The van der Waals surface area contributed by atoms with Gasteiger partial charge in [-0.2, -0.15) is 0 Å². The van der Waals surface area contributed by atoms with Gasteiger partial charge in [0.2, 0.25) is 0 Å². The number of benzene rings is 2. The molecule has 0 atom stereocenters. The van der Waals surface area contributed by atoms with Crippen molar-refractivity contribution in [3.05, 3.63) is 90.6 Å². The van der Waals surface area contributed by atoms with Crippen LogP contribution in [0, 0.1) is 6.92 Å². The maximum Gasteiger partial charge on any atom is 0.340 e. The summed E-state index contributed by atoms with van der Waals surface area (Å²) in [6.07, 6.45) is 0. The number of esters is 2. The topological polar surface area (TPSA) is 81.7 Å². The second-order valence-corrected chi connectivity index (χ2v) is 6.91. The van der Waals surface area contributed by atoms with Gasteiger partial charge in [-0.3, -0.25) is 4.79 Å². The van der Waals surface area contributed by atoms with E-state index in [4.69, 9.17) is 4.74 Å². The largest absolute Gasteiger partial charge is 0.457 e. The van der Waals surface area contributed by atoms with E-state index in [-0.39, 0.29) is 17.1 Å². The lowest BCUT2D eigenvalue weighted by molar-refractivity contribution is -0.153. The van der Waals surface area contributed by atoms with Gasteiger partial charge < -0.3 is 14.8 Å². The second kappa shape index (κ2) is 11.9. The summed E-state index contributed by atoms with van der Waals surface area (Å²) in [4.78, 5) is 32.8. The molecule has 0 radical (unpaired) electrons. The molecule has 2 aromatic rings. The standard InChI is InChI=1S/C17H17NO2.C8H10O3/c1-12(2)17(19)18-14-6-10-16(11-7-14)20-15-8-4-13(3)5-9-15;1-5(2)7(9)11-8(10)6(3)4/h4-11H,1H2,2-3H3,(H,18,19);1,3H2,2,4H3. The minimum atomic E-state index is -0.710. The van der Waals surface area contributed by atoms with Gasteiger partial charge >= 0.3 is 11.9 Å². The first-order valence-corrected chi connectivity index (χ1v) is 9.38. The Bertz CT molecular complexity index is 962. The molecular weight excluding hydrogens is 394 g/mol.